The van der Waals surface area contributed by atoms with Crippen LogP contribution in [0.25, 0.3) is 0 Å². The smallest absolute Gasteiger partial charge is 0.0236 e. The van der Waals surface area contributed by atoms with Crippen LogP contribution in [-0.2, 0) is 12.0 Å². The van der Waals surface area contributed by atoms with Crippen LogP contribution in [0, 0.1) is 11.8 Å². The molecule has 1 aliphatic heterocycles. The summed E-state index contributed by atoms with van der Waals surface area (Å²) in [5, 5.41) is 0. The van der Waals surface area contributed by atoms with Crippen LogP contribution < -0.4 is 0 Å². The first-order chi connectivity index (χ1) is 12.3. The van der Waals surface area contributed by atoms with E-state index < -0.39 is 0 Å². The number of rotatable bonds is 8. The summed E-state index contributed by atoms with van der Waals surface area (Å²) in [6.45, 7) is 10.8. The highest BCUT2D eigenvalue weighted by atomic mass is 15.1. The van der Waals surface area contributed by atoms with Crippen LogP contribution in [0.15, 0.2) is 24.3 Å². The Kier molecular flexibility index (Phi) is 6.61. The lowest BCUT2D eigenvalue weighted by Gasteiger charge is -2.52. The molecule has 2 unspecified atom stereocenters. The Bertz CT molecular complexity index is 531. The number of benzene rings is 1. The number of fused-ring (bicyclic) bond motifs is 1. The lowest BCUT2D eigenvalue weighted by Crippen LogP contribution is -2.54. The Hall–Kier alpha value is -0.820. The molecule has 1 fully saturated rings. The molecule has 0 amide bonds. The second-order valence-corrected chi connectivity index (χ2v) is 8.61. The molecule has 1 aromatic carbocycles. The molecular formula is C24H39N. The molecule has 0 saturated heterocycles. The van der Waals surface area contributed by atoms with Crippen LogP contribution in [0.1, 0.15) is 89.7 Å². The van der Waals surface area contributed by atoms with Crippen LogP contribution in [0.3, 0.4) is 0 Å². The normalized spacial score (nSPS) is 25.9. The van der Waals surface area contributed by atoms with Gasteiger partial charge in [-0.15, -0.1) is 0 Å². The zero-order valence-corrected chi connectivity index (χ0v) is 16.9. The van der Waals surface area contributed by atoms with E-state index in [1.54, 1.807) is 11.1 Å². The van der Waals surface area contributed by atoms with Crippen molar-refractivity contribution in [2.45, 2.75) is 90.5 Å². The number of nitrogens with zero attached hydrogens (tertiary/aromatic N) is 1. The molecular weight excluding hydrogens is 302 g/mol. The molecule has 1 nitrogen and oxygen atoms in total. The van der Waals surface area contributed by atoms with Crippen molar-refractivity contribution in [1.29, 1.82) is 0 Å². The fraction of sp³-hybridized carbons (Fsp3) is 0.750. The van der Waals surface area contributed by atoms with Gasteiger partial charge in [-0.3, -0.25) is 4.90 Å². The second-order valence-electron chi connectivity index (χ2n) is 8.61. The average molecular weight is 342 g/mol. The highest BCUT2D eigenvalue weighted by Gasteiger charge is 2.50. The molecule has 140 valence electrons. The first-order valence-corrected chi connectivity index (χ1v) is 11.1. The number of hydrogen-bond acceptors (Lipinski definition) is 1. The van der Waals surface area contributed by atoms with Gasteiger partial charge in [-0.25, -0.2) is 0 Å². The fourth-order valence-electron chi connectivity index (χ4n) is 6.02. The standard InChI is InChI=1S/C24H39N/c1-4-7-14-21(12-5-2)24(22-15-9-10-16-22)19-25(6-3)18-20-13-8-11-17-23(20)24/h8,11,13,17,21-22H,4-7,9-10,12,14-16,18-19H2,1-3H3. The van der Waals surface area contributed by atoms with Crippen molar-refractivity contribution in [2.75, 3.05) is 13.1 Å². The maximum atomic E-state index is 2.75. The largest absolute Gasteiger partial charge is 0.298 e. The number of hydrogen-bond donors (Lipinski definition) is 0. The number of unbranched alkanes of at least 4 members (excludes halogenated alkanes) is 1. The fourth-order valence-corrected chi connectivity index (χ4v) is 6.02. The second kappa shape index (κ2) is 8.71. The van der Waals surface area contributed by atoms with E-state index in [0.717, 1.165) is 18.4 Å². The Morgan fingerprint density at radius 1 is 1.04 bits per heavy atom. The van der Waals surface area contributed by atoms with Gasteiger partial charge in [0.15, 0.2) is 0 Å². The molecule has 1 aliphatic carbocycles. The van der Waals surface area contributed by atoms with Gasteiger partial charge in [-0.05, 0) is 55.2 Å². The van der Waals surface area contributed by atoms with Crippen molar-refractivity contribution in [3.05, 3.63) is 35.4 Å². The van der Waals surface area contributed by atoms with Crippen molar-refractivity contribution in [3.8, 4) is 0 Å². The van der Waals surface area contributed by atoms with Gasteiger partial charge in [0.1, 0.15) is 0 Å². The first kappa shape index (κ1) is 19.0. The molecule has 25 heavy (non-hydrogen) atoms. The SMILES string of the molecule is CCCCC(CCC)C1(C2CCCC2)CN(CC)Cc2ccccc21. The highest BCUT2D eigenvalue weighted by Crippen LogP contribution is 2.53. The minimum Gasteiger partial charge on any atom is -0.298 e. The van der Waals surface area contributed by atoms with Crippen LogP contribution in [0.5, 0.6) is 0 Å². The van der Waals surface area contributed by atoms with Gasteiger partial charge in [0.2, 0.25) is 0 Å². The van der Waals surface area contributed by atoms with Crippen LogP contribution in [-0.4, -0.2) is 18.0 Å². The molecule has 1 heterocycles. The predicted octanol–water partition coefficient (Wildman–Crippen LogP) is 6.56. The predicted molar refractivity (Wildman–Crippen MR) is 109 cm³/mol. The molecule has 0 bridgehead atoms. The van der Waals surface area contributed by atoms with Crippen molar-refractivity contribution < 1.29 is 0 Å². The van der Waals surface area contributed by atoms with Gasteiger partial charge in [0.05, 0.1) is 0 Å². The summed E-state index contributed by atoms with van der Waals surface area (Å²) in [4.78, 5) is 2.75. The summed E-state index contributed by atoms with van der Waals surface area (Å²) in [7, 11) is 0. The molecule has 0 radical (unpaired) electrons. The monoisotopic (exact) mass is 341 g/mol. The third-order valence-corrected chi connectivity index (χ3v) is 7.20. The van der Waals surface area contributed by atoms with E-state index in [2.05, 4.69) is 49.9 Å². The molecule has 1 heteroatoms. The van der Waals surface area contributed by atoms with E-state index in [0.29, 0.717) is 5.41 Å². The maximum absolute atomic E-state index is 2.75. The molecule has 0 aromatic heterocycles. The Balaban J connectivity index is 2.09. The average Bonchev–Trinajstić information content (AvgIpc) is 3.19. The molecule has 0 spiro atoms. The van der Waals surface area contributed by atoms with Crippen LogP contribution >= 0.6 is 0 Å². The van der Waals surface area contributed by atoms with Crippen LogP contribution in [0.2, 0.25) is 0 Å². The van der Waals surface area contributed by atoms with Crippen molar-refractivity contribution in [3.63, 3.8) is 0 Å². The Morgan fingerprint density at radius 2 is 1.80 bits per heavy atom. The van der Waals surface area contributed by atoms with Gasteiger partial charge < -0.3 is 0 Å². The zero-order valence-electron chi connectivity index (χ0n) is 16.9. The van der Waals surface area contributed by atoms with Crippen LogP contribution in [0.4, 0.5) is 0 Å². The quantitative estimate of drug-likeness (QED) is 0.518. The van der Waals surface area contributed by atoms with E-state index in [1.165, 1.54) is 70.9 Å². The van der Waals surface area contributed by atoms with Gasteiger partial charge in [-0.1, -0.05) is 77.1 Å². The van der Waals surface area contributed by atoms with E-state index in [9.17, 15) is 0 Å². The van der Waals surface area contributed by atoms with Crippen molar-refractivity contribution in [1.82, 2.24) is 4.90 Å². The van der Waals surface area contributed by atoms with Crippen molar-refractivity contribution >= 4 is 0 Å². The topological polar surface area (TPSA) is 3.24 Å². The molecule has 1 aromatic rings. The Morgan fingerprint density at radius 3 is 2.48 bits per heavy atom. The zero-order chi connectivity index (χ0) is 17.7. The van der Waals surface area contributed by atoms with Gasteiger partial charge >= 0.3 is 0 Å². The summed E-state index contributed by atoms with van der Waals surface area (Å²) in [6.07, 6.45) is 12.7. The molecule has 0 N–H and O–H groups in total. The lowest BCUT2D eigenvalue weighted by molar-refractivity contribution is 0.0682. The molecule has 2 atom stereocenters. The summed E-state index contributed by atoms with van der Waals surface area (Å²) in [6, 6.07) is 9.50. The minimum atomic E-state index is 0.409. The van der Waals surface area contributed by atoms with Gasteiger partial charge in [0.25, 0.3) is 0 Å². The summed E-state index contributed by atoms with van der Waals surface area (Å²) >= 11 is 0. The summed E-state index contributed by atoms with van der Waals surface area (Å²) in [5.74, 6) is 1.76. The minimum absolute atomic E-state index is 0.409. The number of likely N-dealkylation sites (N-methyl/N-ethyl adjacent to an activating group) is 1. The maximum Gasteiger partial charge on any atom is 0.0236 e. The van der Waals surface area contributed by atoms with Gasteiger partial charge in [0, 0.05) is 18.5 Å². The first-order valence-electron chi connectivity index (χ1n) is 11.1. The van der Waals surface area contributed by atoms with Crippen molar-refractivity contribution in [2.24, 2.45) is 11.8 Å². The molecule has 2 aliphatic rings. The summed E-state index contributed by atoms with van der Waals surface area (Å²) in [5.41, 5.74) is 3.77. The highest BCUT2D eigenvalue weighted by molar-refractivity contribution is 5.39. The third-order valence-electron chi connectivity index (χ3n) is 7.20. The molecule has 1 saturated carbocycles. The van der Waals surface area contributed by atoms with Gasteiger partial charge in [-0.2, -0.15) is 0 Å². The summed E-state index contributed by atoms with van der Waals surface area (Å²) < 4.78 is 0. The Labute approximate surface area is 156 Å². The lowest BCUT2D eigenvalue weighted by atomic mass is 9.57. The third kappa shape index (κ3) is 3.68. The van der Waals surface area contributed by atoms with E-state index in [4.69, 9.17) is 0 Å². The van der Waals surface area contributed by atoms with E-state index in [1.807, 2.05) is 0 Å². The molecule has 3 rings (SSSR count). The van der Waals surface area contributed by atoms with E-state index >= 15 is 0 Å². The van der Waals surface area contributed by atoms with E-state index in [-0.39, 0.29) is 0 Å².